The van der Waals surface area contributed by atoms with Crippen LogP contribution in [0.15, 0.2) is 23.8 Å². The predicted octanol–water partition coefficient (Wildman–Crippen LogP) is 1.44. The van der Waals surface area contributed by atoms with E-state index in [0.717, 1.165) is 16.3 Å². The molecule has 2 aromatic rings. The van der Waals surface area contributed by atoms with E-state index in [1.54, 1.807) is 17.2 Å². The van der Waals surface area contributed by atoms with E-state index in [2.05, 4.69) is 9.97 Å². The molecule has 0 N–H and O–H groups in total. The van der Waals surface area contributed by atoms with Gasteiger partial charge in [0.2, 0.25) is 10.0 Å². The summed E-state index contributed by atoms with van der Waals surface area (Å²) >= 11 is 1.52. The zero-order valence-electron chi connectivity index (χ0n) is 14.6. The summed E-state index contributed by atoms with van der Waals surface area (Å²) in [6.07, 6.45) is 3.23. The monoisotopic (exact) mass is 392 g/mol. The first-order valence-electron chi connectivity index (χ1n) is 8.45. The molecule has 0 radical (unpaired) electrons. The number of carbonyl (C=O) groups excluding carboxylic acids is 1. The Morgan fingerprint density at radius 3 is 2.73 bits per heavy atom. The lowest BCUT2D eigenvalue weighted by Crippen LogP contribution is -2.36. The van der Waals surface area contributed by atoms with Gasteiger partial charge in [-0.15, -0.1) is 11.3 Å². The molecule has 2 fully saturated rings. The fourth-order valence-corrected chi connectivity index (χ4v) is 6.47. The number of pyridine rings is 1. The SMILES string of the molecule is Cc1cncc(C(=O)N2C[C@@H]3CN(Cc4csc(C)n4)S(=O)(=O)[C@@H]3C2)c1. The Balaban J connectivity index is 1.49. The fourth-order valence-electron chi connectivity index (χ4n) is 3.75. The average Bonchev–Trinajstić information content (AvgIpc) is 3.25. The van der Waals surface area contributed by atoms with E-state index in [1.807, 2.05) is 19.2 Å². The van der Waals surface area contributed by atoms with Crippen molar-refractivity contribution < 1.29 is 13.2 Å². The summed E-state index contributed by atoms with van der Waals surface area (Å²) in [5, 5.41) is 2.31. The van der Waals surface area contributed by atoms with Crippen LogP contribution in [0.5, 0.6) is 0 Å². The zero-order valence-corrected chi connectivity index (χ0v) is 16.3. The van der Waals surface area contributed by atoms with Gasteiger partial charge < -0.3 is 4.90 Å². The molecule has 7 nitrogen and oxygen atoms in total. The molecule has 0 unspecified atom stereocenters. The topological polar surface area (TPSA) is 83.5 Å². The summed E-state index contributed by atoms with van der Waals surface area (Å²) in [5.41, 5.74) is 2.21. The van der Waals surface area contributed by atoms with Gasteiger partial charge in [0.15, 0.2) is 0 Å². The molecule has 2 aliphatic heterocycles. The molecule has 2 aromatic heterocycles. The number of rotatable bonds is 3. The number of nitrogens with zero attached hydrogens (tertiary/aromatic N) is 4. The van der Waals surface area contributed by atoms with Crippen molar-refractivity contribution in [1.29, 1.82) is 0 Å². The van der Waals surface area contributed by atoms with E-state index in [9.17, 15) is 13.2 Å². The number of amides is 1. The quantitative estimate of drug-likeness (QED) is 0.789. The van der Waals surface area contributed by atoms with Crippen LogP contribution in [0.1, 0.15) is 26.6 Å². The van der Waals surface area contributed by atoms with Crippen LogP contribution < -0.4 is 0 Å². The van der Waals surface area contributed by atoms with E-state index in [4.69, 9.17) is 0 Å². The Morgan fingerprint density at radius 2 is 2.08 bits per heavy atom. The van der Waals surface area contributed by atoms with Gasteiger partial charge in [0.05, 0.1) is 28.1 Å². The largest absolute Gasteiger partial charge is 0.337 e. The van der Waals surface area contributed by atoms with Gasteiger partial charge in [-0.1, -0.05) is 0 Å². The van der Waals surface area contributed by atoms with Gasteiger partial charge in [-0.2, -0.15) is 4.31 Å². The molecule has 1 amide bonds. The molecule has 4 heterocycles. The highest BCUT2D eigenvalue weighted by Gasteiger charge is 2.52. The third-order valence-corrected chi connectivity index (χ3v) is 8.10. The van der Waals surface area contributed by atoms with Gasteiger partial charge in [0.1, 0.15) is 0 Å². The highest BCUT2D eigenvalue weighted by atomic mass is 32.2. The summed E-state index contributed by atoms with van der Waals surface area (Å²) in [4.78, 5) is 22.8. The maximum absolute atomic E-state index is 12.9. The van der Waals surface area contributed by atoms with Gasteiger partial charge in [-0.3, -0.25) is 9.78 Å². The van der Waals surface area contributed by atoms with Crippen LogP contribution in [0, 0.1) is 19.8 Å². The molecule has 2 atom stereocenters. The summed E-state index contributed by atoms with van der Waals surface area (Å²) < 4.78 is 27.3. The second-order valence-electron chi connectivity index (χ2n) is 6.95. The number of likely N-dealkylation sites (tertiary alicyclic amines) is 1. The Kier molecular flexibility index (Phi) is 4.32. The molecule has 0 aliphatic carbocycles. The minimum atomic E-state index is -3.42. The van der Waals surface area contributed by atoms with Crippen molar-refractivity contribution in [2.75, 3.05) is 19.6 Å². The molecule has 4 rings (SSSR count). The first kappa shape index (κ1) is 17.6. The molecular formula is C17H20N4O3S2. The number of thiazole rings is 1. The third kappa shape index (κ3) is 3.04. The first-order valence-corrected chi connectivity index (χ1v) is 10.8. The molecule has 26 heavy (non-hydrogen) atoms. The third-order valence-electron chi connectivity index (χ3n) is 4.98. The standard InChI is InChI=1S/C17H20N4O3S2/c1-11-3-13(5-18-4-11)17(22)20-6-14-7-21(26(23,24)16(14)9-20)8-15-10-25-12(2)19-15/h3-5,10,14,16H,6-9H2,1-2H3/t14-,16-/m1/s1. The number of sulfonamides is 1. The molecule has 2 aliphatic rings. The smallest absolute Gasteiger partial charge is 0.255 e. The van der Waals surface area contributed by atoms with E-state index < -0.39 is 15.3 Å². The van der Waals surface area contributed by atoms with Crippen LogP contribution in [0.3, 0.4) is 0 Å². The van der Waals surface area contributed by atoms with Crippen molar-refractivity contribution in [3.63, 3.8) is 0 Å². The minimum absolute atomic E-state index is 0.0542. The molecule has 138 valence electrons. The van der Waals surface area contributed by atoms with Crippen molar-refractivity contribution in [2.45, 2.75) is 25.6 Å². The molecule has 0 spiro atoms. The number of hydrogen-bond donors (Lipinski definition) is 0. The highest BCUT2D eigenvalue weighted by molar-refractivity contribution is 7.90. The number of aromatic nitrogens is 2. The van der Waals surface area contributed by atoms with Crippen LogP contribution in [0.25, 0.3) is 0 Å². The van der Waals surface area contributed by atoms with Crippen LogP contribution >= 0.6 is 11.3 Å². The number of hydrogen-bond acceptors (Lipinski definition) is 6. The lowest BCUT2D eigenvalue weighted by molar-refractivity contribution is 0.0784. The average molecular weight is 393 g/mol. The molecule has 2 saturated heterocycles. The fraction of sp³-hybridized carbons (Fsp3) is 0.471. The Bertz CT molecular complexity index is 956. The zero-order chi connectivity index (χ0) is 18.5. The van der Waals surface area contributed by atoms with Crippen LogP contribution in [0.4, 0.5) is 0 Å². The maximum atomic E-state index is 12.9. The van der Waals surface area contributed by atoms with Gasteiger partial charge >= 0.3 is 0 Å². The van der Waals surface area contributed by atoms with Gasteiger partial charge in [-0.05, 0) is 25.5 Å². The minimum Gasteiger partial charge on any atom is -0.337 e. The van der Waals surface area contributed by atoms with Gasteiger partial charge in [0, 0.05) is 43.3 Å². The number of carbonyl (C=O) groups is 1. The Morgan fingerprint density at radius 1 is 1.27 bits per heavy atom. The van der Waals surface area contributed by atoms with E-state index >= 15 is 0 Å². The van der Waals surface area contributed by atoms with Crippen LogP contribution in [-0.4, -0.2) is 58.4 Å². The van der Waals surface area contributed by atoms with E-state index in [-0.39, 0.29) is 18.4 Å². The molecule has 0 saturated carbocycles. The molecule has 0 bridgehead atoms. The molecule has 0 aromatic carbocycles. The van der Waals surface area contributed by atoms with Gasteiger partial charge in [-0.25, -0.2) is 13.4 Å². The summed E-state index contributed by atoms with van der Waals surface area (Å²) in [5.74, 6) is -0.200. The van der Waals surface area contributed by atoms with Crippen molar-refractivity contribution in [1.82, 2.24) is 19.2 Å². The van der Waals surface area contributed by atoms with E-state index in [1.165, 1.54) is 21.8 Å². The van der Waals surface area contributed by atoms with Crippen LogP contribution in [0.2, 0.25) is 0 Å². The maximum Gasteiger partial charge on any atom is 0.255 e. The normalized spacial score (nSPS) is 24.8. The van der Waals surface area contributed by atoms with Crippen LogP contribution in [-0.2, 0) is 16.6 Å². The first-order chi connectivity index (χ1) is 12.3. The second-order valence-corrected chi connectivity index (χ2v) is 10.2. The molecule has 9 heteroatoms. The number of aryl methyl sites for hydroxylation is 2. The predicted molar refractivity (Wildman–Crippen MR) is 98.3 cm³/mol. The van der Waals surface area contributed by atoms with E-state index in [0.29, 0.717) is 25.2 Å². The lowest BCUT2D eigenvalue weighted by Gasteiger charge is -2.21. The van der Waals surface area contributed by atoms with Gasteiger partial charge in [0.25, 0.3) is 5.91 Å². The summed E-state index contributed by atoms with van der Waals surface area (Å²) in [7, 11) is -3.42. The highest BCUT2D eigenvalue weighted by Crippen LogP contribution is 2.35. The number of fused-ring (bicyclic) bond motifs is 1. The van der Waals surface area contributed by atoms with Crippen molar-refractivity contribution in [3.05, 3.63) is 45.7 Å². The van der Waals surface area contributed by atoms with Crippen molar-refractivity contribution >= 4 is 27.3 Å². The van der Waals surface area contributed by atoms with Crippen molar-refractivity contribution in [3.8, 4) is 0 Å². The Hall–Kier alpha value is -1.84. The van der Waals surface area contributed by atoms with Crippen molar-refractivity contribution in [2.24, 2.45) is 5.92 Å². The molecular weight excluding hydrogens is 372 g/mol. The second kappa shape index (κ2) is 6.40. The lowest BCUT2D eigenvalue weighted by atomic mass is 10.1. The summed E-state index contributed by atoms with van der Waals surface area (Å²) in [6.45, 7) is 5.25. The summed E-state index contributed by atoms with van der Waals surface area (Å²) in [6, 6.07) is 1.79. The Labute approximate surface area is 156 Å².